The van der Waals surface area contributed by atoms with Crippen molar-refractivity contribution in [2.45, 2.75) is 6.92 Å². The minimum atomic E-state index is -0.496. The lowest BCUT2D eigenvalue weighted by molar-refractivity contribution is 0.0529. The van der Waals surface area contributed by atoms with Gasteiger partial charge in [-0.1, -0.05) is 12.1 Å². The van der Waals surface area contributed by atoms with Crippen LogP contribution in [-0.2, 0) is 4.74 Å². The minimum absolute atomic E-state index is 0.249. The average Bonchev–Trinajstić information content (AvgIpc) is 2.92. The van der Waals surface area contributed by atoms with Crippen molar-refractivity contribution < 1.29 is 9.53 Å². The van der Waals surface area contributed by atoms with Crippen LogP contribution >= 0.6 is 22.6 Å². The van der Waals surface area contributed by atoms with Crippen LogP contribution in [0.2, 0.25) is 0 Å². The highest BCUT2D eigenvalue weighted by Crippen LogP contribution is 2.31. The summed E-state index contributed by atoms with van der Waals surface area (Å²) in [6.45, 7) is 2.02. The van der Waals surface area contributed by atoms with Crippen LogP contribution in [-0.4, -0.2) is 27.1 Å². The number of hydrogen-bond donors (Lipinski definition) is 1. The molecule has 26 heavy (non-hydrogen) atoms. The fourth-order valence-corrected chi connectivity index (χ4v) is 3.28. The number of anilines is 1. The molecule has 2 N–H and O–H groups in total. The third-order valence-electron chi connectivity index (χ3n) is 4.06. The number of para-hydroxylation sites is 2. The number of aromatic nitrogens is 3. The van der Waals surface area contributed by atoms with Gasteiger partial charge in [-0.3, -0.25) is 4.57 Å². The summed E-state index contributed by atoms with van der Waals surface area (Å²) in [6.07, 6.45) is 0. The molecule has 7 heteroatoms. The molecule has 0 atom stereocenters. The first-order chi connectivity index (χ1) is 12.6. The summed E-state index contributed by atoms with van der Waals surface area (Å²) >= 11 is 2.24. The van der Waals surface area contributed by atoms with Gasteiger partial charge in [0.05, 0.1) is 17.6 Å². The quantitative estimate of drug-likeness (QED) is 0.372. The summed E-state index contributed by atoms with van der Waals surface area (Å²) in [7, 11) is 0. The van der Waals surface area contributed by atoms with Gasteiger partial charge in [0, 0.05) is 9.26 Å². The Balaban J connectivity index is 2.09. The maximum absolute atomic E-state index is 12.5. The van der Waals surface area contributed by atoms with E-state index in [0.29, 0.717) is 16.7 Å². The van der Waals surface area contributed by atoms with E-state index in [9.17, 15) is 4.79 Å². The fourth-order valence-electron chi connectivity index (χ4n) is 2.92. The van der Waals surface area contributed by atoms with Gasteiger partial charge in [-0.15, -0.1) is 0 Å². The normalized spacial score (nSPS) is 11.2. The minimum Gasteiger partial charge on any atom is -0.462 e. The van der Waals surface area contributed by atoms with Gasteiger partial charge in [0.25, 0.3) is 0 Å². The molecule has 2 heterocycles. The summed E-state index contributed by atoms with van der Waals surface area (Å²) in [5.74, 6) is -0.223. The molecular formula is C19H15IN4O2. The summed E-state index contributed by atoms with van der Waals surface area (Å²) in [4.78, 5) is 21.9. The Morgan fingerprint density at radius 1 is 1.12 bits per heavy atom. The van der Waals surface area contributed by atoms with E-state index in [1.807, 2.05) is 48.5 Å². The van der Waals surface area contributed by atoms with E-state index in [1.54, 1.807) is 11.5 Å². The number of nitrogen functional groups attached to an aromatic ring is 1. The lowest BCUT2D eigenvalue weighted by Crippen LogP contribution is -2.09. The predicted molar refractivity (Wildman–Crippen MR) is 109 cm³/mol. The van der Waals surface area contributed by atoms with Gasteiger partial charge in [-0.05, 0) is 65.9 Å². The highest BCUT2D eigenvalue weighted by atomic mass is 127. The molecule has 0 radical (unpaired) electrons. The predicted octanol–water partition coefficient (Wildman–Crippen LogP) is 3.94. The standard InChI is InChI=1S/C19H15IN4O2/c1-2-26-19(25)15-16-18(23-14-6-4-3-5-13(14)22-16)24(17(15)21)12-9-7-11(20)8-10-12/h3-10H,2,21H2,1H3. The second-order valence-corrected chi connectivity index (χ2v) is 6.92. The first kappa shape index (κ1) is 16.8. The molecule has 0 saturated heterocycles. The number of benzene rings is 2. The van der Waals surface area contributed by atoms with E-state index < -0.39 is 5.97 Å². The molecule has 6 nitrogen and oxygen atoms in total. The molecule has 0 unspecified atom stereocenters. The average molecular weight is 458 g/mol. The zero-order valence-electron chi connectivity index (χ0n) is 13.9. The molecule has 2 aromatic heterocycles. The number of ether oxygens (including phenoxy) is 1. The first-order valence-electron chi connectivity index (χ1n) is 8.10. The zero-order valence-corrected chi connectivity index (χ0v) is 16.1. The third-order valence-corrected chi connectivity index (χ3v) is 4.78. The van der Waals surface area contributed by atoms with Crippen LogP contribution < -0.4 is 5.73 Å². The van der Waals surface area contributed by atoms with Crippen molar-refractivity contribution in [3.63, 3.8) is 0 Å². The number of hydrogen-bond acceptors (Lipinski definition) is 5. The first-order valence-corrected chi connectivity index (χ1v) is 9.17. The number of rotatable bonds is 3. The molecule has 130 valence electrons. The van der Waals surface area contributed by atoms with Gasteiger partial charge >= 0.3 is 5.97 Å². The summed E-state index contributed by atoms with van der Waals surface area (Å²) in [5, 5.41) is 0. The Bertz CT molecular complexity index is 1140. The number of esters is 1. The van der Waals surface area contributed by atoms with Crippen LogP contribution in [0.3, 0.4) is 0 Å². The van der Waals surface area contributed by atoms with Gasteiger partial charge in [0.1, 0.15) is 16.9 Å². The van der Waals surface area contributed by atoms with E-state index in [2.05, 4.69) is 27.6 Å². The molecule has 4 aromatic rings. The highest BCUT2D eigenvalue weighted by Gasteiger charge is 2.25. The molecule has 4 rings (SSSR count). The number of nitrogens with two attached hydrogens (primary N) is 1. The molecular weight excluding hydrogens is 443 g/mol. The van der Waals surface area contributed by atoms with E-state index in [1.165, 1.54) is 0 Å². The maximum atomic E-state index is 12.5. The van der Waals surface area contributed by atoms with Crippen LogP contribution in [0, 0.1) is 3.57 Å². The number of nitrogens with zero attached hydrogens (tertiary/aromatic N) is 3. The molecule has 0 bridgehead atoms. The van der Waals surface area contributed by atoms with Crippen LogP contribution in [0.1, 0.15) is 17.3 Å². The molecule has 0 fully saturated rings. The smallest absolute Gasteiger partial charge is 0.344 e. The van der Waals surface area contributed by atoms with Crippen LogP contribution in [0.25, 0.3) is 27.9 Å². The second-order valence-electron chi connectivity index (χ2n) is 5.68. The molecule has 0 aliphatic heterocycles. The van der Waals surface area contributed by atoms with E-state index in [-0.39, 0.29) is 18.0 Å². The Kier molecular flexibility index (Phi) is 4.23. The van der Waals surface area contributed by atoms with Crippen molar-refractivity contribution in [3.8, 4) is 5.69 Å². The van der Waals surface area contributed by atoms with E-state index in [0.717, 1.165) is 14.8 Å². The summed E-state index contributed by atoms with van der Waals surface area (Å²) in [6, 6.07) is 15.3. The lowest BCUT2D eigenvalue weighted by atomic mass is 10.2. The van der Waals surface area contributed by atoms with Gasteiger partial charge in [-0.2, -0.15) is 0 Å². The topological polar surface area (TPSA) is 83.0 Å². The number of carbonyl (C=O) groups is 1. The fraction of sp³-hybridized carbons (Fsp3) is 0.105. The van der Waals surface area contributed by atoms with Gasteiger partial charge in [0.2, 0.25) is 0 Å². The maximum Gasteiger partial charge on any atom is 0.344 e. The summed E-state index contributed by atoms with van der Waals surface area (Å²) < 4.78 is 8.04. The molecule has 0 aliphatic carbocycles. The van der Waals surface area contributed by atoms with Crippen molar-refractivity contribution in [3.05, 3.63) is 57.7 Å². The van der Waals surface area contributed by atoms with Crippen LogP contribution in [0.5, 0.6) is 0 Å². The monoisotopic (exact) mass is 458 g/mol. The molecule has 0 amide bonds. The molecule has 0 aliphatic rings. The van der Waals surface area contributed by atoms with E-state index >= 15 is 0 Å². The van der Waals surface area contributed by atoms with Gasteiger partial charge in [0.15, 0.2) is 5.65 Å². The Morgan fingerprint density at radius 2 is 1.77 bits per heavy atom. The van der Waals surface area contributed by atoms with Crippen molar-refractivity contribution in [2.75, 3.05) is 12.3 Å². The number of halogens is 1. The zero-order chi connectivity index (χ0) is 18.3. The highest BCUT2D eigenvalue weighted by molar-refractivity contribution is 14.1. The largest absolute Gasteiger partial charge is 0.462 e. The van der Waals surface area contributed by atoms with E-state index in [4.69, 9.17) is 15.5 Å². The Labute approximate surface area is 163 Å². The summed E-state index contributed by atoms with van der Waals surface area (Å²) in [5.41, 5.74) is 9.83. The van der Waals surface area contributed by atoms with Crippen molar-refractivity contribution in [1.29, 1.82) is 0 Å². The van der Waals surface area contributed by atoms with Crippen molar-refractivity contribution in [1.82, 2.24) is 14.5 Å². The molecule has 0 spiro atoms. The second kappa shape index (κ2) is 6.56. The Morgan fingerprint density at radius 3 is 2.42 bits per heavy atom. The number of carbonyl (C=O) groups excluding carboxylic acids is 1. The van der Waals surface area contributed by atoms with Gasteiger partial charge < -0.3 is 10.5 Å². The van der Waals surface area contributed by atoms with Crippen LogP contribution in [0.4, 0.5) is 5.82 Å². The Hall–Kier alpha value is -2.68. The molecule has 0 saturated carbocycles. The number of fused-ring (bicyclic) bond motifs is 2. The van der Waals surface area contributed by atoms with Crippen molar-refractivity contribution in [2.24, 2.45) is 0 Å². The third kappa shape index (κ3) is 2.68. The van der Waals surface area contributed by atoms with Crippen molar-refractivity contribution >= 4 is 56.6 Å². The van der Waals surface area contributed by atoms with Crippen LogP contribution in [0.15, 0.2) is 48.5 Å². The SMILES string of the molecule is CCOC(=O)c1c(N)n(-c2ccc(I)cc2)c2nc3ccccc3nc12. The molecule has 2 aromatic carbocycles. The lowest BCUT2D eigenvalue weighted by Gasteiger charge is -2.08. The van der Waals surface area contributed by atoms with Gasteiger partial charge in [-0.25, -0.2) is 14.8 Å².